The summed E-state index contributed by atoms with van der Waals surface area (Å²) in [4.78, 5) is 0. The van der Waals surface area contributed by atoms with Gasteiger partial charge in [-0.25, -0.2) is 0 Å². The van der Waals surface area contributed by atoms with Gasteiger partial charge in [-0.15, -0.1) is 0 Å². The van der Waals surface area contributed by atoms with Crippen molar-refractivity contribution >= 4 is 0 Å². The molecule has 0 saturated heterocycles. The van der Waals surface area contributed by atoms with Gasteiger partial charge in [0.15, 0.2) is 0 Å². The fourth-order valence-electron chi connectivity index (χ4n) is 2.20. The van der Waals surface area contributed by atoms with Crippen LogP contribution in [0.15, 0.2) is 18.2 Å². The molecule has 1 aliphatic carbocycles. The van der Waals surface area contributed by atoms with Gasteiger partial charge in [0, 0.05) is 18.7 Å². The summed E-state index contributed by atoms with van der Waals surface area (Å²) in [5.41, 5.74) is 1.20. The largest absolute Gasteiger partial charge is 0.497 e. The zero-order valence-electron chi connectivity index (χ0n) is 11.5. The number of hydrogen-bond donors (Lipinski definition) is 1. The van der Waals surface area contributed by atoms with Gasteiger partial charge in [0.05, 0.1) is 14.2 Å². The van der Waals surface area contributed by atoms with Gasteiger partial charge in [-0.1, -0.05) is 12.8 Å². The summed E-state index contributed by atoms with van der Waals surface area (Å²) in [6, 6.07) is 6.59. The van der Waals surface area contributed by atoms with Crippen molar-refractivity contribution in [3.8, 4) is 11.5 Å². The van der Waals surface area contributed by atoms with E-state index in [0.29, 0.717) is 6.04 Å². The Labute approximate surface area is 109 Å². The third kappa shape index (κ3) is 3.91. The monoisotopic (exact) mass is 249 g/mol. The van der Waals surface area contributed by atoms with Crippen LogP contribution in [-0.4, -0.2) is 20.3 Å². The van der Waals surface area contributed by atoms with Crippen LogP contribution in [0.25, 0.3) is 0 Å². The van der Waals surface area contributed by atoms with Crippen molar-refractivity contribution in [2.45, 2.75) is 38.8 Å². The molecule has 0 radical (unpaired) electrons. The molecule has 1 aromatic carbocycles. The number of nitrogens with one attached hydrogen (secondary N) is 1. The highest BCUT2D eigenvalue weighted by atomic mass is 16.5. The minimum atomic E-state index is 0.578. The summed E-state index contributed by atoms with van der Waals surface area (Å²) in [6.45, 7) is 3.12. The van der Waals surface area contributed by atoms with Crippen LogP contribution in [-0.2, 0) is 6.54 Å². The van der Waals surface area contributed by atoms with Crippen molar-refractivity contribution < 1.29 is 9.47 Å². The summed E-state index contributed by atoms with van der Waals surface area (Å²) >= 11 is 0. The van der Waals surface area contributed by atoms with Crippen molar-refractivity contribution in [3.05, 3.63) is 23.8 Å². The highest BCUT2D eigenvalue weighted by molar-refractivity contribution is 5.38. The van der Waals surface area contributed by atoms with Gasteiger partial charge in [-0.3, -0.25) is 0 Å². The molecule has 0 amide bonds. The Bertz CT molecular complexity index is 366. The Kier molecular flexibility index (Phi) is 4.48. The Morgan fingerprint density at radius 3 is 2.28 bits per heavy atom. The van der Waals surface area contributed by atoms with Crippen molar-refractivity contribution in [1.82, 2.24) is 5.32 Å². The molecule has 3 heteroatoms. The van der Waals surface area contributed by atoms with E-state index < -0.39 is 0 Å². The minimum Gasteiger partial charge on any atom is -0.497 e. The molecule has 2 rings (SSSR count). The van der Waals surface area contributed by atoms with Crippen LogP contribution < -0.4 is 14.8 Å². The molecular formula is C15H23NO2. The first-order chi connectivity index (χ1) is 8.71. The second-order valence-corrected chi connectivity index (χ2v) is 5.18. The smallest absolute Gasteiger partial charge is 0.122 e. The minimum absolute atomic E-state index is 0.578. The lowest BCUT2D eigenvalue weighted by Crippen LogP contribution is -2.25. The van der Waals surface area contributed by atoms with Gasteiger partial charge in [0.1, 0.15) is 11.5 Å². The third-order valence-electron chi connectivity index (χ3n) is 3.45. The first-order valence-electron chi connectivity index (χ1n) is 6.66. The maximum absolute atomic E-state index is 5.27. The van der Waals surface area contributed by atoms with E-state index in [9.17, 15) is 0 Å². The van der Waals surface area contributed by atoms with Crippen LogP contribution in [0.4, 0.5) is 0 Å². The van der Waals surface area contributed by atoms with E-state index in [2.05, 4.69) is 24.4 Å². The van der Waals surface area contributed by atoms with E-state index in [1.165, 1.54) is 24.8 Å². The van der Waals surface area contributed by atoms with Crippen molar-refractivity contribution in [2.75, 3.05) is 14.2 Å². The molecule has 3 nitrogen and oxygen atoms in total. The first kappa shape index (κ1) is 13.2. The van der Waals surface area contributed by atoms with Crippen LogP contribution in [0, 0.1) is 5.92 Å². The standard InChI is InChI=1S/C15H23NO2/c1-11(6-12-4-5-12)16-10-13-7-14(17-2)9-15(8-13)18-3/h7-9,11-12,16H,4-6,10H2,1-3H3. The van der Waals surface area contributed by atoms with Crippen LogP contribution in [0.5, 0.6) is 11.5 Å². The van der Waals surface area contributed by atoms with Crippen LogP contribution in [0.1, 0.15) is 31.7 Å². The SMILES string of the molecule is COc1cc(CNC(C)CC2CC2)cc(OC)c1. The molecular weight excluding hydrogens is 226 g/mol. The van der Waals surface area contributed by atoms with Gasteiger partial charge in [-0.2, -0.15) is 0 Å². The molecule has 1 aliphatic rings. The Balaban J connectivity index is 1.90. The van der Waals surface area contributed by atoms with Crippen LogP contribution >= 0.6 is 0 Å². The predicted octanol–water partition coefficient (Wildman–Crippen LogP) is 2.98. The molecule has 1 aromatic rings. The Hall–Kier alpha value is -1.22. The molecule has 1 unspecified atom stereocenters. The third-order valence-corrected chi connectivity index (χ3v) is 3.45. The number of ether oxygens (including phenoxy) is 2. The zero-order chi connectivity index (χ0) is 13.0. The van der Waals surface area contributed by atoms with Crippen LogP contribution in [0.2, 0.25) is 0 Å². The molecule has 18 heavy (non-hydrogen) atoms. The number of rotatable bonds is 7. The van der Waals surface area contributed by atoms with Gasteiger partial charge < -0.3 is 14.8 Å². The molecule has 1 atom stereocenters. The second kappa shape index (κ2) is 6.10. The number of hydrogen-bond acceptors (Lipinski definition) is 3. The maximum atomic E-state index is 5.27. The lowest BCUT2D eigenvalue weighted by molar-refractivity contribution is 0.392. The van der Waals surface area contributed by atoms with E-state index >= 15 is 0 Å². The molecule has 100 valence electrons. The maximum Gasteiger partial charge on any atom is 0.122 e. The summed E-state index contributed by atoms with van der Waals surface area (Å²) < 4.78 is 10.5. The van der Waals surface area contributed by atoms with E-state index in [4.69, 9.17) is 9.47 Å². The van der Waals surface area contributed by atoms with Crippen LogP contribution in [0.3, 0.4) is 0 Å². The summed E-state index contributed by atoms with van der Waals surface area (Å²) in [6.07, 6.45) is 4.12. The summed E-state index contributed by atoms with van der Waals surface area (Å²) in [7, 11) is 3.36. The second-order valence-electron chi connectivity index (χ2n) is 5.18. The molecule has 1 fully saturated rings. The lowest BCUT2D eigenvalue weighted by Gasteiger charge is -2.14. The van der Waals surface area contributed by atoms with E-state index in [-0.39, 0.29) is 0 Å². The van der Waals surface area contributed by atoms with Crippen molar-refractivity contribution in [2.24, 2.45) is 5.92 Å². The number of benzene rings is 1. The predicted molar refractivity (Wildman–Crippen MR) is 73.2 cm³/mol. The van der Waals surface area contributed by atoms with E-state index in [0.717, 1.165) is 24.0 Å². The Morgan fingerprint density at radius 2 is 1.78 bits per heavy atom. The fourth-order valence-corrected chi connectivity index (χ4v) is 2.20. The van der Waals surface area contributed by atoms with Gasteiger partial charge in [0.25, 0.3) is 0 Å². The van der Waals surface area contributed by atoms with Gasteiger partial charge >= 0.3 is 0 Å². The fraction of sp³-hybridized carbons (Fsp3) is 0.600. The topological polar surface area (TPSA) is 30.5 Å². The molecule has 1 saturated carbocycles. The zero-order valence-corrected chi connectivity index (χ0v) is 11.5. The molecule has 0 aromatic heterocycles. The van der Waals surface area contributed by atoms with Crippen molar-refractivity contribution in [3.63, 3.8) is 0 Å². The highest BCUT2D eigenvalue weighted by Crippen LogP contribution is 2.33. The lowest BCUT2D eigenvalue weighted by atomic mass is 10.1. The quantitative estimate of drug-likeness (QED) is 0.806. The number of methoxy groups -OCH3 is 2. The van der Waals surface area contributed by atoms with Crippen molar-refractivity contribution in [1.29, 1.82) is 0 Å². The summed E-state index contributed by atoms with van der Waals surface area (Å²) in [5, 5.41) is 3.56. The molecule has 0 heterocycles. The molecule has 1 N–H and O–H groups in total. The highest BCUT2D eigenvalue weighted by Gasteiger charge is 2.23. The molecule has 0 bridgehead atoms. The Morgan fingerprint density at radius 1 is 1.17 bits per heavy atom. The van der Waals surface area contributed by atoms with Gasteiger partial charge in [0.2, 0.25) is 0 Å². The normalized spacial score (nSPS) is 16.4. The molecule has 0 aliphatic heterocycles. The average Bonchev–Trinajstić information content (AvgIpc) is 3.19. The molecule has 0 spiro atoms. The average molecular weight is 249 g/mol. The summed E-state index contributed by atoms with van der Waals surface area (Å²) in [5.74, 6) is 2.66. The van der Waals surface area contributed by atoms with E-state index in [1.54, 1.807) is 14.2 Å². The van der Waals surface area contributed by atoms with E-state index in [1.807, 2.05) is 6.07 Å². The van der Waals surface area contributed by atoms with Gasteiger partial charge in [-0.05, 0) is 37.0 Å². The first-order valence-corrected chi connectivity index (χ1v) is 6.66.